The van der Waals surface area contributed by atoms with Gasteiger partial charge in [-0.25, -0.2) is 0 Å². The van der Waals surface area contributed by atoms with Gasteiger partial charge >= 0.3 is 6.18 Å². The molecule has 7 heteroatoms. The molecule has 14 heavy (non-hydrogen) atoms. The van der Waals surface area contributed by atoms with Crippen LogP contribution >= 0.6 is 11.3 Å². The molecular weight excluding hydrogens is 219 g/mol. The third-order valence-corrected chi connectivity index (χ3v) is 2.60. The van der Waals surface area contributed by atoms with Gasteiger partial charge in [0.15, 0.2) is 5.92 Å². The third-order valence-electron chi connectivity index (χ3n) is 1.61. The Labute approximate surface area is 81.3 Å². The highest BCUT2D eigenvalue weighted by Gasteiger charge is 2.44. The number of halogens is 3. The molecule has 0 saturated carbocycles. The zero-order valence-electron chi connectivity index (χ0n) is 6.82. The Morgan fingerprint density at radius 2 is 2.21 bits per heavy atom. The smallest absolute Gasteiger partial charge is 0.265 e. The average Bonchev–Trinajstić information content (AvgIpc) is 2.49. The van der Waals surface area contributed by atoms with Crippen molar-refractivity contribution in [3.8, 4) is 0 Å². The molecule has 1 aromatic rings. The van der Waals surface area contributed by atoms with Crippen molar-refractivity contribution in [1.29, 1.82) is 0 Å². The summed E-state index contributed by atoms with van der Waals surface area (Å²) < 4.78 is 37.0. The van der Waals surface area contributed by atoms with Crippen molar-refractivity contribution in [2.75, 3.05) is 6.54 Å². The van der Waals surface area contributed by atoms with Gasteiger partial charge in [-0.15, -0.1) is 11.3 Å². The minimum Gasteiger partial charge on any atom is -0.265 e. The van der Waals surface area contributed by atoms with Gasteiger partial charge in [-0.3, -0.25) is 10.1 Å². The summed E-state index contributed by atoms with van der Waals surface area (Å²) in [6.07, 6.45) is -4.56. The van der Waals surface area contributed by atoms with Crippen LogP contribution in [-0.4, -0.2) is 17.6 Å². The van der Waals surface area contributed by atoms with E-state index in [9.17, 15) is 23.3 Å². The van der Waals surface area contributed by atoms with E-state index in [1.54, 1.807) is 0 Å². The topological polar surface area (TPSA) is 43.1 Å². The second-order valence-electron chi connectivity index (χ2n) is 2.62. The zero-order chi connectivity index (χ0) is 10.8. The van der Waals surface area contributed by atoms with Crippen LogP contribution in [0.2, 0.25) is 0 Å². The van der Waals surface area contributed by atoms with Gasteiger partial charge in [0.25, 0.3) is 0 Å². The van der Waals surface area contributed by atoms with E-state index in [1.165, 1.54) is 17.5 Å². The normalized spacial score (nSPS) is 13.9. The number of hydrogen-bond donors (Lipinski definition) is 0. The molecule has 1 aromatic heterocycles. The minimum atomic E-state index is -4.56. The van der Waals surface area contributed by atoms with Crippen molar-refractivity contribution in [1.82, 2.24) is 0 Å². The fourth-order valence-electron chi connectivity index (χ4n) is 0.993. The quantitative estimate of drug-likeness (QED) is 0.586. The van der Waals surface area contributed by atoms with Gasteiger partial charge in [-0.1, -0.05) is 6.07 Å². The van der Waals surface area contributed by atoms with Crippen LogP contribution in [0.3, 0.4) is 0 Å². The lowest BCUT2D eigenvalue weighted by Crippen LogP contribution is -2.26. The van der Waals surface area contributed by atoms with Crippen LogP contribution in [-0.2, 0) is 0 Å². The summed E-state index contributed by atoms with van der Waals surface area (Å²) in [6, 6.07) is 2.70. The van der Waals surface area contributed by atoms with Crippen molar-refractivity contribution < 1.29 is 18.1 Å². The largest absolute Gasteiger partial charge is 0.402 e. The van der Waals surface area contributed by atoms with Gasteiger partial charge in [0.05, 0.1) is 0 Å². The predicted molar refractivity (Wildman–Crippen MR) is 45.0 cm³/mol. The number of rotatable bonds is 3. The first-order valence-corrected chi connectivity index (χ1v) is 4.51. The Hall–Kier alpha value is -1.11. The summed E-state index contributed by atoms with van der Waals surface area (Å²) in [6.45, 7) is -1.11. The first kappa shape index (κ1) is 11.0. The predicted octanol–water partition coefficient (Wildman–Crippen LogP) is 2.67. The van der Waals surface area contributed by atoms with Gasteiger partial charge < -0.3 is 0 Å². The molecule has 0 aliphatic heterocycles. The van der Waals surface area contributed by atoms with Crippen LogP contribution < -0.4 is 0 Å². The molecule has 0 radical (unpaired) electrons. The molecular formula is C7H6F3NO2S. The van der Waals surface area contributed by atoms with Crippen LogP contribution in [0.25, 0.3) is 0 Å². The molecule has 0 unspecified atom stereocenters. The summed E-state index contributed by atoms with van der Waals surface area (Å²) >= 11 is 0.875. The fraction of sp³-hybridized carbons (Fsp3) is 0.429. The lowest BCUT2D eigenvalue weighted by atomic mass is 10.1. The standard InChI is InChI=1S/C7H6F3NO2S/c8-7(9,10)5(4-11(12)13)6-2-1-3-14-6/h1-3,5H,4H2/t5-/m0/s1. The van der Waals surface area contributed by atoms with E-state index in [-0.39, 0.29) is 4.88 Å². The fourth-order valence-corrected chi connectivity index (χ4v) is 1.84. The molecule has 0 bridgehead atoms. The molecule has 78 valence electrons. The first-order chi connectivity index (χ1) is 6.41. The molecule has 0 saturated heterocycles. The Morgan fingerprint density at radius 3 is 2.57 bits per heavy atom. The zero-order valence-corrected chi connectivity index (χ0v) is 7.64. The van der Waals surface area contributed by atoms with E-state index in [0.29, 0.717) is 0 Å². The van der Waals surface area contributed by atoms with Crippen LogP contribution in [0.4, 0.5) is 13.2 Å². The molecule has 0 amide bonds. The number of thiophene rings is 1. The first-order valence-electron chi connectivity index (χ1n) is 3.63. The lowest BCUT2D eigenvalue weighted by Gasteiger charge is -2.14. The highest BCUT2D eigenvalue weighted by molar-refractivity contribution is 7.10. The number of nitrogens with zero attached hydrogens (tertiary/aromatic N) is 1. The van der Waals surface area contributed by atoms with Gasteiger partial charge in [-0.2, -0.15) is 13.2 Å². The molecule has 0 fully saturated rings. The third kappa shape index (κ3) is 2.69. The van der Waals surface area contributed by atoms with Crippen molar-refractivity contribution >= 4 is 11.3 Å². The molecule has 1 atom stereocenters. The monoisotopic (exact) mass is 225 g/mol. The van der Waals surface area contributed by atoms with Crippen molar-refractivity contribution in [3.63, 3.8) is 0 Å². The summed E-state index contributed by atoms with van der Waals surface area (Å²) in [5.74, 6) is -1.99. The Balaban J connectivity index is 2.89. The highest BCUT2D eigenvalue weighted by atomic mass is 32.1. The summed E-state index contributed by atoms with van der Waals surface area (Å²) in [7, 11) is 0. The van der Waals surface area contributed by atoms with Crippen molar-refractivity contribution in [2.45, 2.75) is 12.1 Å². The maximum Gasteiger partial charge on any atom is 0.402 e. The Bertz CT molecular complexity index is 309. The number of nitro groups is 1. The van der Waals surface area contributed by atoms with E-state index in [0.717, 1.165) is 11.3 Å². The van der Waals surface area contributed by atoms with Crippen LogP contribution in [0, 0.1) is 10.1 Å². The summed E-state index contributed by atoms with van der Waals surface area (Å²) in [4.78, 5) is 9.10. The van der Waals surface area contributed by atoms with Gasteiger partial charge in [0, 0.05) is 9.80 Å². The van der Waals surface area contributed by atoms with Crippen LogP contribution in [0.5, 0.6) is 0 Å². The summed E-state index contributed by atoms with van der Waals surface area (Å²) in [5.41, 5.74) is 0. The van der Waals surface area contributed by atoms with E-state index >= 15 is 0 Å². The molecule has 0 spiro atoms. The second kappa shape index (κ2) is 3.95. The van der Waals surface area contributed by atoms with E-state index in [4.69, 9.17) is 0 Å². The van der Waals surface area contributed by atoms with Gasteiger partial charge in [0.1, 0.15) is 0 Å². The van der Waals surface area contributed by atoms with Gasteiger partial charge in [-0.05, 0) is 11.4 Å². The molecule has 1 heterocycles. The maximum absolute atomic E-state index is 12.3. The molecule has 3 nitrogen and oxygen atoms in total. The van der Waals surface area contributed by atoms with E-state index < -0.39 is 23.6 Å². The Morgan fingerprint density at radius 1 is 1.57 bits per heavy atom. The SMILES string of the molecule is O=[N+]([O-])C[C@@H](c1cccs1)C(F)(F)F. The molecule has 0 aliphatic carbocycles. The molecule has 1 rings (SSSR count). The molecule has 0 N–H and O–H groups in total. The highest BCUT2D eigenvalue weighted by Crippen LogP contribution is 2.36. The van der Waals surface area contributed by atoms with E-state index in [1.807, 2.05) is 0 Å². The minimum absolute atomic E-state index is 0.0193. The number of hydrogen-bond acceptors (Lipinski definition) is 3. The number of alkyl halides is 3. The van der Waals surface area contributed by atoms with Gasteiger partial charge in [0.2, 0.25) is 6.54 Å². The molecule has 0 aliphatic rings. The van der Waals surface area contributed by atoms with Crippen molar-refractivity contribution in [2.24, 2.45) is 0 Å². The molecule has 0 aromatic carbocycles. The van der Waals surface area contributed by atoms with Crippen LogP contribution in [0.1, 0.15) is 10.8 Å². The maximum atomic E-state index is 12.3. The average molecular weight is 225 g/mol. The summed E-state index contributed by atoms with van der Waals surface area (Å²) in [5, 5.41) is 11.5. The van der Waals surface area contributed by atoms with Crippen molar-refractivity contribution in [3.05, 3.63) is 32.5 Å². The van der Waals surface area contributed by atoms with Crippen LogP contribution in [0.15, 0.2) is 17.5 Å². The lowest BCUT2D eigenvalue weighted by molar-refractivity contribution is -0.490. The Kier molecular flexibility index (Phi) is 3.10. The second-order valence-corrected chi connectivity index (χ2v) is 3.60. The van der Waals surface area contributed by atoms with E-state index in [2.05, 4.69) is 0 Å².